The Hall–Kier alpha value is -2.21. The van der Waals surface area contributed by atoms with Gasteiger partial charge in [-0.05, 0) is 46.9 Å². The van der Waals surface area contributed by atoms with Gasteiger partial charge in [0, 0.05) is 26.2 Å². The molecule has 2 aromatic heterocycles. The number of nitrogens with one attached hydrogen (secondary N) is 1. The molecule has 1 aliphatic rings. The third kappa shape index (κ3) is 4.00. The number of carbonyl (C=O) groups excluding carboxylic acids is 2. The minimum atomic E-state index is -0.0555. The van der Waals surface area contributed by atoms with E-state index in [-0.39, 0.29) is 17.9 Å². The second-order valence-corrected chi connectivity index (χ2v) is 6.83. The molecule has 0 aliphatic carbocycles. The molecule has 3 rings (SSSR count). The molecule has 1 saturated heterocycles. The third-order valence-corrected chi connectivity index (χ3v) is 4.97. The molecule has 5 nitrogen and oxygen atoms in total. The van der Waals surface area contributed by atoms with Crippen molar-refractivity contribution < 1.29 is 9.59 Å². The maximum Gasteiger partial charge on any atom is 0.227 e. The summed E-state index contributed by atoms with van der Waals surface area (Å²) in [5, 5.41) is 6.79. The smallest absolute Gasteiger partial charge is 0.227 e. The van der Waals surface area contributed by atoms with Crippen molar-refractivity contribution in [2.75, 3.05) is 6.54 Å². The largest absolute Gasteiger partial charge is 0.352 e. The molecule has 6 heteroatoms. The minimum absolute atomic E-state index is 0.0555. The van der Waals surface area contributed by atoms with E-state index in [2.05, 4.69) is 10.3 Å². The van der Waals surface area contributed by atoms with Crippen LogP contribution in [0.25, 0.3) is 0 Å². The zero-order chi connectivity index (χ0) is 16.9. The number of nitrogens with zero attached hydrogens (tertiary/aromatic N) is 2. The molecule has 0 radical (unpaired) electrons. The van der Waals surface area contributed by atoms with Crippen molar-refractivity contribution >= 4 is 23.2 Å². The maximum absolute atomic E-state index is 12.6. The quantitative estimate of drug-likeness (QED) is 0.908. The van der Waals surface area contributed by atoms with Crippen LogP contribution in [0.1, 0.15) is 42.6 Å². The Bertz CT molecular complexity index is 698. The monoisotopic (exact) mass is 343 g/mol. The first-order valence-corrected chi connectivity index (χ1v) is 9.07. The molecule has 0 unspecified atom stereocenters. The summed E-state index contributed by atoms with van der Waals surface area (Å²) in [5.41, 5.74) is 2.97. The molecule has 2 aromatic rings. The van der Waals surface area contributed by atoms with Crippen LogP contribution in [0.15, 0.2) is 35.2 Å². The SMILES string of the molecule is CC(=O)NCc1ccc([C@H]2CCCN2C(=O)Cc2ccsc2)nc1. The number of likely N-dealkylation sites (tertiary alicyclic amines) is 1. The normalized spacial score (nSPS) is 17.0. The number of aromatic nitrogens is 1. The number of carbonyl (C=O) groups is 2. The summed E-state index contributed by atoms with van der Waals surface area (Å²) in [6.45, 7) is 2.77. The highest BCUT2D eigenvalue weighted by Crippen LogP contribution is 2.31. The summed E-state index contributed by atoms with van der Waals surface area (Å²) in [4.78, 5) is 30.0. The molecule has 24 heavy (non-hydrogen) atoms. The van der Waals surface area contributed by atoms with Gasteiger partial charge in [-0.15, -0.1) is 0 Å². The Labute approximate surface area is 145 Å². The van der Waals surface area contributed by atoms with Crippen molar-refractivity contribution in [2.45, 2.75) is 38.8 Å². The van der Waals surface area contributed by atoms with Gasteiger partial charge in [-0.1, -0.05) is 6.07 Å². The third-order valence-electron chi connectivity index (χ3n) is 4.24. The zero-order valence-corrected chi connectivity index (χ0v) is 14.5. The van der Waals surface area contributed by atoms with Gasteiger partial charge in [0.25, 0.3) is 0 Å². The molecule has 0 aromatic carbocycles. The van der Waals surface area contributed by atoms with Gasteiger partial charge in [-0.2, -0.15) is 11.3 Å². The van der Waals surface area contributed by atoms with Crippen LogP contribution in [-0.2, 0) is 22.6 Å². The fraction of sp³-hybridized carbons (Fsp3) is 0.389. The molecule has 126 valence electrons. The molecule has 3 heterocycles. The summed E-state index contributed by atoms with van der Waals surface area (Å²) in [5.74, 6) is 0.111. The summed E-state index contributed by atoms with van der Waals surface area (Å²) in [6, 6.07) is 6.00. The lowest BCUT2D eigenvalue weighted by molar-refractivity contribution is -0.131. The first-order valence-electron chi connectivity index (χ1n) is 8.13. The number of amides is 2. The van der Waals surface area contributed by atoms with Crippen LogP contribution in [0.2, 0.25) is 0 Å². The van der Waals surface area contributed by atoms with Gasteiger partial charge in [0.1, 0.15) is 0 Å². The highest BCUT2D eigenvalue weighted by Gasteiger charge is 2.30. The lowest BCUT2D eigenvalue weighted by Gasteiger charge is -2.24. The van der Waals surface area contributed by atoms with Crippen molar-refractivity contribution in [3.63, 3.8) is 0 Å². The van der Waals surface area contributed by atoms with E-state index in [1.165, 1.54) is 6.92 Å². The predicted molar refractivity (Wildman–Crippen MR) is 93.5 cm³/mol. The molecule has 0 saturated carbocycles. The Morgan fingerprint density at radius 2 is 2.21 bits per heavy atom. The van der Waals surface area contributed by atoms with Crippen LogP contribution in [0.4, 0.5) is 0 Å². The Balaban J connectivity index is 1.66. The van der Waals surface area contributed by atoms with Crippen LogP contribution in [-0.4, -0.2) is 28.2 Å². The topological polar surface area (TPSA) is 62.3 Å². The van der Waals surface area contributed by atoms with Gasteiger partial charge in [0.15, 0.2) is 0 Å². The molecule has 1 aliphatic heterocycles. The highest BCUT2D eigenvalue weighted by atomic mass is 32.1. The van der Waals surface area contributed by atoms with Gasteiger partial charge < -0.3 is 10.2 Å². The lowest BCUT2D eigenvalue weighted by atomic mass is 10.1. The molecule has 1 fully saturated rings. The number of thiophene rings is 1. The molecule has 0 bridgehead atoms. The predicted octanol–water partition coefficient (Wildman–Crippen LogP) is 2.69. The Morgan fingerprint density at radius 1 is 1.33 bits per heavy atom. The van der Waals surface area contributed by atoms with Crippen LogP contribution in [0.3, 0.4) is 0 Å². The van der Waals surface area contributed by atoms with Crippen LogP contribution >= 0.6 is 11.3 Å². The van der Waals surface area contributed by atoms with E-state index in [1.54, 1.807) is 17.5 Å². The Kier molecular flexibility index (Phi) is 5.25. The zero-order valence-electron chi connectivity index (χ0n) is 13.7. The van der Waals surface area contributed by atoms with Gasteiger partial charge in [-0.3, -0.25) is 14.6 Å². The van der Waals surface area contributed by atoms with Gasteiger partial charge >= 0.3 is 0 Å². The second kappa shape index (κ2) is 7.57. The fourth-order valence-electron chi connectivity index (χ4n) is 3.01. The summed E-state index contributed by atoms with van der Waals surface area (Å²) >= 11 is 1.62. The molecule has 0 spiro atoms. The minimum Gasteiger partial charge on any atom is -0.352 e. The lowest BCUT2D eigenvalue weighted by Crippen LogP contribution is -2.32. The molecule has 2 amide bonds. The molecule has 1 N–H and O–H groups in total. The van der Waals surface area contributed by atoms with E-state index in [0.717, 1.165) is 36.2 Å². The average molecular weight is 343 g/mol. The number of hydrogen-bond donors (Lipinski definition) is 1. The molecule has 1 atom stereocenters. The first kappa shape index (κ1) is 16.6. The van der Waals surface area contributed by atoms with Crippen molar-refractivity contribution in [1.29, 1.82) is 0 Å². The maximum atomic E-state index is 12.6. The van der Waals surface area contributed by atoms with Crippen LogP contribution < -0.4 is 5.32 Å². The van der Waals surface area contributed by atoms with E-state index >= 15 is 0 Å². The summed E-state index contributed by atoms with van der Waals surface area (Å²) in [7, 11) is 0. The van der Waals surface area contributed by atoms with Gasteiger partial charge in [-0.25, -0.2) is 0 Å². The standard InChI is InChI=1S/C18H21N3O2S/c1-13(22)19-10-15-4-5-16(20-11-15)17-3-2-7-21(17)18(23)9-14-6-8-24-12-14/h4-6,8,11-12,17H,2-3,7,9-10H2,1H3,(H,19,22)/t17-/m1/s1. The Morgan fingerprint density at radius 3 is 2.88 bits per heavy atom. The van der Waals surface area contributed by atoms with E-state index in [1.807, 2.05) is 33.9 Å². The van der Waals surface area contributed by atoms with Crippen molar-refractivity contribution in [3.05, 3.63) is 52.0 Å². The van der Waals surface area contributed by atoms with Crippen molar-refractivity contribution in [2.24, 2.45) is 0 Å². The van der Waals surface area contributed by atoms with Gasteiger partial charge in [0.05, 0.1) is 18.2 Å². The van der Waals surface area contributed by atoms with Crippen LogP contribution in [0, 0.1) is 0 Å². The van der Waals surface area contributed by atoms with E-state index in [0.29, 0.717) is 13.0 Å². The van der Waals surface area contributed by atoms with E-state index in [9.17, 15) is 9.59 Å². The van der Waals surface area contributed by atoms with E-state index < -0.39 is 0 Å². The summed E-state index contributed by atoms with van der Waals surface area (Å²) < 4.78 is 0. The first-order chi connectivity index (χ1) is 11.6. The van der Waals surface area contributed by atoms with Crippen molar-refractivity contribution in [1.82, 2.24) is 15.2 Å². The average Bonchev–Trinajstić information content (AvgIpc) is 3.24. The fourth-order valence-corrected chi connectivity index (χ4v) is 3.67. The summed E-state index contributed by atoms with van der Waals surface area (Å²) in [6.07, 6.45) is 4.20. The molecular weight excluding hydrogens is 322 g/mol. The number of hydrogen-bond acceptors (Lipinski definition) is 4. The second-order valence-electron chi connectivity index (χ2n) is 6.05. The number of rotatable bonds is 5. The number of pyridine rings is 1. The van der Waals surface area contributed by atoms with Crippen LogP contribution in [0.5, 0.6) is 0 Å². The van der Waals surface area contributed by atoms with Crippen molar-refractivity contribution in [3.8, 4) is 0 Å². The molecular formula is C18H21N3O2S. The highest BCUT2D eigenvalue weighted by molar-refractivity contribution is 7.08. The van der Waals surface area contributed by atoms with E-state index in [4.69, 9.17) is 0 Å². The van der Waals surface area contributed by atoms with Gasteiger partial charge in [0.2, 0.25) is 11.8 Å².